The topological polar surface area (TPSA) is 95.1 Å². The van der Waals surface area contributed by atoms with Crippen LogP contribution in [-0.4, -0.2) is 33.6 Å². The average molecular weight is 349 g/mol. The van der Waals surface area contributed by atoms with Gasteiger partial charge in [-0.3, -0.25) is 4.79 Å². The van der Waals surface area contributed by atoms with Gasteiger partial charge in [-0.05, 0) is 17.7 Å². The number of nitrogens with zero attached hydrogens (tertiary/aromatic N) is 3. The fourth-order valence-electron chi connectivity index (χ4n) is 2.05. The number of hydrogen-bond acceptors (Lipinski definition) is 6. The number of nitrogens with one attached hydrogen (secondary N) is 1. The van der Waals surface area contributed by atoms with E-state index < -0.39 is 0 Å². The minimum atomic E-state index is -0.199. The second-order valence-corrected chi connectivity index (χ2v) is 7.29. The molecule has 1 amide bonds. The number of rotatable bonds is 6. The minimum absolute atomic E-state index is 0.0943. The minimum Gasteiger partial charge on any atom is -0.497 e. The first kappa shape index (κ1) is 18.1. The number of aromatic nitrogens is 3. The third kappa shape index (κ3) is 4.64. The van der Waals surface area contributed by atoms with Gasteiger partial charge in [-0.2, -0.15) is 0 Å². The van der Waals surface area contributed by atoms with Gasteiger partial charge in [-0.25, -0.2) is 4.68 Å². The van der Waals surface area contributed by atoms with E-state index in [9.17, 15) is 4.79 Å². The molecule has 2 rings (SSSR count). The lowest BCUT2D eigenvalue weighted by atomic mass is 9.96. The summed E-state index contributed by atoms with van der Waals surface area (Å²) in [7, 11) is 1.61. The molecule has 0 aliphatic rings. The number of amides is 1. The Bertz CT molecular complexity index is 709. The molecule has 0 fully saturated rings. The number of carbonyl (C=O) groups is 1. The van der Waals surface area contributed by atoms with Crippen molar-refractivity contribution in [1.82, 2.24) is 20.2 Å². The number of nitrogen functional groups attached to an aromatic ring is 1. The Morgan fingerprint density at radius 2 is 2.12 bits per heavy atom. The van der Waals surface area contributed by atoms with E-state index >= 15 is 0 Å². The molecule has 130 valence electrons. The van der Waals surface area contributed by atoms with Crippen LogP contribution in [0.1, 0.15) is 32.2 Å². The van der Waals surface area contributed by atoms with Crippen molar-refractivity contribution in [3.63, 3.8) is 0 Å². The van der Waals surface area contributed by atoms with Crippen molar-refractivity contribution in [3.8, 4) is 5.75 Å². The largest absolute Gasteiger partial charge is 0.497 e. The molecule has 0 unspecified atom stereocenters. The van der Waals surface area contributed by atoms with Gasteiger partial charge in [0.2, 0.25) is 11.1 Å². The van der Waals surface area contributed by atoms with Crippen LogP contribution in [-0.2, 0) is 16.8 Å². The van der Waals surface area contributed by atoms with Crippen molar-refractivity contribution in [2.45, 2.75) is 37.9 Å². The summed E-state index contributed by atoms with van der Waals surface area (Å²) >= 11 is 1.26. The van der Waals surface area contributed by atoms with Crippen LogP contribution in [0.2, 0.25) is 0 Å². The van der Waals surface area contributed by atoms with E-state index in [2.05, 4.69) is 15.5 Å². The van der Waals surface area contributed by atoms with Gasteiger partial charge in [0.15, 0.2) is 5.82 Å². The fraction of sp³-hybridized carbons (Fsp3) is 0.438. The quantitative estimate of drug-likeness (QED) is 0.609. The Morgan fingerprint density at radius 3 is 2.75 bits per heavy atom. The lowest BCUT2D eigenvalue weighted by Gasteiger charge is -2.16. The lowest BCUT2D eigenvalue weighted by Crippen LogP contribution is -2.26. The molecule has 24 heavy (non-hydrogen) atoms. The maximum atomic E-state index is 12.0. The number of benzene rings is 1. The molecule has 8 heteroatoms. The molecule has 0 radical (unpaired) electrons. The van der Waals surface area contributed by atoms with Gasteiger partial charge in [-0.1, -0.05) is 44.7 Å². The number of nitrogens with two attached hydrogens (primary N) is 1. The molecule has 0 saturated carbocycles. The van der Waals surface area contributed by atoms with Crippen LogP contribution in [0.5, 0.6) is 5.75 Å². The van der Waals surface area contributed by atoms with E-state index in [4.69, 9.17) is 10.6 Å². The molecule has 1 aromatic heterocycles. The van der Waals surface area contributed by atoms with Gasteiger partial charge < -0.3 is 15.9 Å². The summed E-state index contributed by atoms with van der Waals surface area (Å²) in [4.78, 5) is 12.0. The van der Waals surface area contributed by atoms with E-state index in [-0.39, 0.29) is 17.1 Å². The first-order chi connectivity index (χ1) is 11.3. The number of thioether (sulfide) groups is 1. The van der Waals surface area contributed by atoms with Crippen molar-refractivity contribution in [1.29, 1.82) is 0 Å². The van der Waals surface area contributed by atoms with E-state index in [1.165, 1.54) is 16.4 Å². The second kappa shape index (κ2) is 7.57. The molecule has 0 aliphatic carbocycles. The highest BCUT2D eigenvalue weighted by molar-refractivity contribution is 7.99. The Morgan fingerprint density at radius 1 is 1.38 bits per heavy atom. The third-order valence-corrected chi connectivity index (χ3v) is 4.23. The summed E-state index contributed by atoms with van der Waals surface area (Å²) in [6, 6.07) is 7.57. The number of ether oxygens (including phenoxy) is 1. The van der Waals surface area contributed by atoms with Gasteiger partial charge >= 0.3 is 0 Å². The van der Waals surface area contributed by atoms with Crippen LogP contribution in [0.15, 0.2) is 29.4 Å². The van der Waals surface area contributed by atoms with Crippen molar-refractivity contribution < 1.29 is 9.53 Å². The zero-order valence-corrected chi connectivity index (χ0v) is 15.2. The van der Waals surface area contributed by atoms with Crippen molar-refractivity contribution >= 4 is 17.7 Å². The molecule has 2 aromatic rings. The van der Waals surface area contributed by atoms with E-state index in [1.54, 1.807) is 7.11 Å². The lowest BCUT2D eigenvalue weighted by molar-refractivity contribution is -0.118. The van der Waals surface area contributed by atoms with Crippen molar-refractivity contribution in [2.75, 3.05) is 18.7 Å². The molecular weight excluding hydrogens is 326 g/mol. The van der Waals surface area contributed by atoms with Crippen LogP contribution in [0, 0.1) is 0 Å². The molecule has 0 spiro atoms. The van der Waals surface area contributed by atoms with Crippen LogP contribution < -0.4 is 15.9 Å². The summed E-state index contributed by atoms with van der Waals surface area (Å²) < 4.78 is 6.61. The molecule has 1 heterocycles. The summed E-state index contributed by atoms with van der Waals surface area (Å²) in [6.45, 7) is 6.47. The van der Waals surface area contributed by atoms with E-state index in [1.807, 2.05) is 45.0 Å². The van der Waals surface area contributed by atoms with Crippen LogP contribution in [0.25, 0.3) is 0 Å². The first-order valence-corrected chi connectivity index (χ1v) is 8.53. The molecule has 1 aromatic carbocycles. The molecule has 0 atom stereocenters. The predicted octanol–water partition coefficient (Wildman–Crippen LogP) is 1.71. The van der Waals surface area contributed by atoms with Gasteiger partial charge in [0.25, 0.3) is 0 Å². The van der Waals surface area contributed by atoms with Crippen molar-refractivity contribution in [2.24, 2.45) is 0 Å². The van der Waals surface area contributed by atoms with Gasteiger partial charge in [0.1, 0.15) is 5.75 Å². The summed E-state index contributed by atoms with van der Waals surface area (Å²) in [5.41, 5.74) is 0.777. The van der Waals surface area contributed by atoms with Gasteiger partial charge in [0.05, 0.1) is 12.9 Å². The van der Waals surface area contributed by atoms with Gasteiger partial charge in [-0.15, -0.1) is 10.2 Å². The van der Waals surface area contributed by atoms with E-state index in [0.717, 1.165) is 11.3 Å². The Hall–Kier alpha value is -2.22. The molecule has 0 aliphatic heterocycles. The smallest absolute Gasteiger partial charge is 0.230 e. The summed E-state index contributed by atoms with van der Waals surface area (Å²) in [5.74, 6) is 7.58. The summed E-state index contributed by atoms with van der Waals surface area (Å²) in [6.07, 6.45) is 0. The maximum absolute atomic E-state index is 12.0. The molecule has 0 bridgehead atoms. The zero-order valence-electron chi connectivity index (χ0n) is 14.4. The van der Waals surface area contributed by atoms with Crippen molar-refractivity contribution in [3.05, 3.63) is 35.7 Å². The van der Waals surface area contributed by atoms with Crippen LogP contribution in [0.3, 0.4) is 0 Å². The third-order valence-electron chi connectivity index (χ3n) is 3.29. The maximum Gasteiger partial charge on any atom is 0.230 e. The highest BCUT2D eigenvalue weighted by Gasteiger charge is 2.23. The van der Waals surface area contributed by atoms with E-state index in [0.29, 0.717) is 17.5 Å². The fourth-order valence-corrected chi connectivity index (χ4v) is 2.74. The predicted molar refractivity (Wildman–Crippen MR) is 94.4 cm³/mol. The van der Waals surface area contributed by atoms with Gasteiger partial charge in [0, 0.05) is 12.0 Å². The first-order valence-electron chi connectivity index (χ1n) is 7.54. The highest BCUT2D eigenvalue weighted by atomic mass is 32.2. The second-order valence-electron chi connectivity index (χ2n) is 6.34. The normalized spacial score (nSPS) is 11.3. The number of methoxy groups -OCH3 is 1. The van der Waals surface area contributed by atoms with Crippen LogP contribution in [0.4, 0.5) is 0 Å². The molecular formula is C16H23N5O2S. The number of hydrogen-bond donors (Lipinski definition) is 2. The molecule has 3 N–H and O–H groups in total. The summed E-state index contributed by atoms with van der Waals surface area (Å²) in [5, 5.41) is 11.5. The SMILES string of the molecule is COc1cccc(CNC(=O)CSc2nnc(C(C)(C)C)n2N)c1. The molecule has 0 saturated heterocycles. The zero-order chi connectivity index (χ0) is 17.7. The van der Waals surface area contributed by atoms with Crippen LogP contribution >= 0.6 is 11.8 Å². The number of carbonyl (C=O) groups excluding carboxylic acids is 1. The Balaban J connectivity index is 1.86. The molecule has 7 nitrogen and oxygen atoms in total. The standard InChI is InChI=1S/C16H23N5O2S/c1-16(2,3)14-19-20-15(21(14)17)24-10-13(22)18-9-11-6-5-7-12(8-11)23-4/h5-8H,9-10,17H2,1-4H3,(H,18,22). The Kier molecular flexibility index (Phi) is 5.71. The highest BCUT2D eigenvalue weighted by Crippen LogP contribution is 2.23. The monoisotopic (exact) mass is 349 g/mol. The Labute approximate surface area is 145 Å². The average Bonchev–Trinajstić information content (AvgIpc) is 2.92.